The second kappa shape index (κ2) is 4.22. The highest BCUT2D eigenvalue weighted by Gasteiger charge is 2.30. The highest BCUT2D eigenvalue weighted by molar-refractivity contribution is 8.83. The minimum atomic E-state index is 0.244. The first-order valence-electron chi connectivity index (χ1n) is 5.04. The van der Waals surface area contributed by atoms with Gasteiger partial charge in [-0.1, -0.05) is 61.9 Å². The standard InChI is InChI=1S/C12H15NS2/c1-12(2,3)11-13-10(14-15-11)9-7-5-4-6-8-9/h4-8,11H,1-3H3. The Kier molecular flexibility index (Phi) is 3.12. The Hall–Kier alpha value is -0.410. The second-order valence-electron chi connectivity index (χ2n) is 4.70. The highest BCUT2D eigenvalue weighted by atomic mass is 33.1. The Balaban J connectivity index is 2.21. The molecule has 1 heterocycles. The van der Waals surface area contributed by atoms with E-state index in [1.54, 1.807) is 10.8 Å². The van der Waals surface area contributed by atoms with Crippen LogP contribution in [-0.2, 0) is 0 Å². The number of rotatable bonds is 1. The molecule has 1 aliphatic heterocycles. The van der Waals surface area contributed by atoms with Gasteiger partial charge in [0.05, 0.1) is 0 Å². The van der Waals surface area contributed by atoms with Gasteiger partial charge >= 0.3 is 0 Å². The molecule has 1 aromatic rings. The molecule has 1 aliphatic rings. The van der Waals surface area contributed by atoms with Crippen molar-refractivity contribution < 1.29 is 0 Å². The monoisotopic (exact) mass is 237 g/mol. The van der Waals surface area contributed by atoms with Crippen LogP contribution in [0, 0.1) is 5.41 Å². The van der Waals surface area contributed by atoms with Crippen molar-refractivity contribution >= 4 is 26.6 Å². The Morgan fingerprint density at radius 1 is 1.13 bits per heavy atom. The van der Waals surface area contributed by atoms with Gasteiger partial charge in [0.1, 0.15) is 10.4 Å². The molecule has 0 radical (unpaired) electrons. The second-order valence-corrected chi connectivity index (χ2v) is 6.97. The lowest BCUT2D eigenvalue weighted by Crippen LogP contribution is -2.18. The third-order valence-corrected chi connectivity index (χ3v) is 5.11. The fraction of sp³-hybridized carbons (Fsp3) is 0.417. The van der Waals surface area contributed by atoms with Crippen molar-refractivity contribution in [1.29, 1.82) is 0 Å². The molecule has 0 fully saturated rings. The zero-order chi connectivity index (χ0) is 10.9. The molecule has 0 saturated carbocycles. The first-order valence-corrected chi connectivity index (χ1v) is 7.25. The number of aliphatic imine (C=N–C) groups is 1. The Morgan fingerprint density at radius 2 is 1.80 bits per heavy atom. The molecule has 0 bridgehead atoms. The summed E-state index contributed by atoms with van der Waals surface area (Å²) in [6.45, 7) is 6.72. The zero-order valence-corrected chi connectivity index (χ0v) is 10.9. The topological polar surface area (TPSA) is 12.4 Å². The summed E-state index contributed by atoms with van der Waals surface area (Å²) in [7, 11) is 3.66. The van der Waals surface area contributed by atoms with E-state index in [-0.39, 0.29) is 5.41 Å². The van der Waals surface area contributed by atoms with Crippen LogP contribution in [0.15, 0.2) is 35.3 Å². The van der Waals surface area contributed by atoms with Crippen LogP contribution in [0.1, 0.15) is 26.3 Å². The summed E-state index contributed by atoms with van der Waals surface area (Å²) in [6.07, 6.45) is 0. The van der Waals surface area contributed by atoms with Crippen LogP contribution in [-0.4, -0.2) is 10.4 Å². The molecule has 0 spiro atoms. The average molecular weight is 237 g/mol. The molecule has 0 saturated heterocycles. The Morgan fingerprint density at radius 3 is 2.33 bits per heavy atom. The van der Waals surface area contributed by atoms with E-state index in [9.17, 15) is 0 Å². The molecular formula is C12H15NS2. The van der Waals surface area contributed by atoms with Crippen LogP contribution in [0.25, 0.3) is 0 Å². The zero-order valence-electron chi connectivity index (χ0n) is 9.23. The lowest BCUT2D eigenvalue weighted by Gasteiger charge is -2.22. The lowest BCUT2D eigenvalue weighted by atomic mass is 9.97. The predicted octanol–water partition coefficient (Wildman–Crippen LogP) is 4.20. The summed E-state index contributed by atoms with van der Waals surface area (Å²) >= 11 is 0. The number of benzene rings is 1. The van der Waals surface area contributed by atoms with Crippen molar-refractivity contribution in [2.45, 2.75) is 26.1 Å². The summed E-state index contributed by atoms with van der Waals surface area (Å²) in [5.74, 6) is 0. The molecule has 80 valence electrons. The fourth-order valence-electron chi connectivity index (χ4n) is 1.28. The van der Waals surface area contributed by atoms with E-state index in [1.165, 1.54) is 10.6 Å². The maximum absolute atomic E-state index is 4.77. The molecule has 1 nitrogen and oxygen atoms in total. The third-order valence-electron chi connectivity index (χ3n) is 2.21. The molecule has 15 heavy (non-hydrogen) atoms. The minimum absolute atomic E-state index is 0.244. The van der Waals surface area contributed by atoms with Crippen LogP contribution in [0.2, 0.25) is 0 Å². The highest BCUT2D eigenvalue weighted by Crippen LogP contribution is 2.45. The minimum Gasteiger partial charge on any atom is -0.261 e. The van der Waals surface area contributed by atoms with Crippen LogP contribution in [0.4, 0.5) is 0 Å². The summed E-state index contributed by atoms with van der Waals surface area (Å²) in [5.41, 5.74) is 1.48. The Bertz CT molecular complexity index is 365. The van der Waals surface area contributed by atoms with E-state index in [2.05, 4.69) is 45.0 Å². The average Bonchev–Trinajstić information content (AvgIpc) is 2.67. The summed E-state index contributed by atoms with van der Waals surface area (Å²) < 4.78 is 0. The predicted molar refractivity (Wildman–Crippen MR) is 71.4 cm³/mol. The summed E-state index contributed by atoms with van der Waals surface area (Å²) in [6, 6.07) is 10.4. The fourth-order valence-corrected chi connectivity index (χ4v) is 4.31. The van der Waals surface area contributed by atoms with Gasteiger partial charge in [-0.3, -0.25) is 4.99 Å². The summed E-state index contributed by atoms with van der Waals surface area (Å²) in [4.78, 5) is 4.77. The van der Waals surface area contributed by atoms with Crippen molar-refractivity contribution in [1.82, 2.24) is 0 Å². The van der Waals surface area contributed by atoms with Gasteiger partial charge < -0.3 is 0 Å². The van der Waals surface area contributed by atoms with Crippen LogP contribution in [0.3, 0.4) is 0 Å². The molecule has 1 aromatic carbocycles. The van der Waals surface area contributed by atoms with Gasteiger partial charge in [0.15, 0.2) is 0 Å². The van der Waals surface area contributed by atoms with Crippen LogP contribution in [0.5, 0.6) is 0 Å². The largest absolute Gasteiger partial charge is 0.261 e. The van der Waals surface area contributed by atoms with E-state index < -0.39 is 0 Å². The Labute approximate surface area is 99.2 Å². The number of nitrogens with zero attached hydrogens (tertiary/aromatic N) is 1. The summed E-state index contributed by atoms with van der Waals surface area (Å²) in [5, 5.41) is 1.54. The molecule has 0 N–H and O–H groups in total. The van der Waals surface area contributed by atoms with E-state index in [4.69, 9.17) is 4.99 Å². The quantitative estimate of drug-likeness (QED) is 0.679. The molecule has 1 unspecified atom stereocenters. The van der Waals surface area contributed by atoms with Gasteiger partial charge in [-0.05, 0) is 16.2 Å². The maximum Gasteiger partial charge on any atom is 0.112 e. The van der Waals surface area contributed by atoms with E-state index in [1.807, 2.05) is 16.9 Å². The molecule has 0 aromatic heterocycles. The molecule has 0 aliphatic carbocycles. The van der Waals surface area contributed by atoms with E-state index >= 15 is 0 Å². The van der Waals surface area contributed by atoms with Gasteiger partial charge in [0.2, 0.25) is 0 Å². The SMILES string of the molecule is CC(C)(C)C1N=C(c2ccccc2)SS1. The van der Waals surface area contributed by atoms with Crippen molar-refractivity contribution in [3.63, 3.8) is 0 Å². The maximum atomic E-state index is 4.77. The first-order chi connectivity index (χ1) is 7.07. The molecule has 0 amide bonds. The van der Waals surface area contributed by atoms with Gasteiger partial charge in [0, 0.05) is 5.56 Å². The van der Waals surface area contributed by atoms with Crippen molar-refractivity contribution in [3.05, 3.63) is 35.9 Å². The van der Waals surface area contributed by atoms with Crippen molar-refractivity contribution in [3.8, 4) is 0 Å². The van der Waals surface area contributed by atoms with Gasteiger partial charge in [-0.15, -0.1) is 0 Å². The molecule has 1 atom stereocenters. The van der Waals surface area contributed by atoms with Gasteiger partial charge in [-0.2, -0.15) is 0 Å². The number of hydrogen-bond acceptors (Lipinski definition) is 3. The smallest absolute Gasteiger partial charge is 0.112 e. The molecular weight excluding hydrogens is 222 g/mol. The normalized spacial score (nSPS) is 21.5. The third kappa shape index (κ3) is 2.58. The lowest BCUT2D eigenvalue weighted by molar-refractivity contribution is 0.405. The van der Waals surface area contributed by atoms with Gasteiger partial charge in [0.25, 0.3) is 0 Å². The molecule has 3 heteroatoms. The van der Waals surface area contributed by atoms with E-state index in [0.717, 1.165) is 0 Å². The molecule has 2 rings (SSSR count). The van der Waals surface area contributed by atoms with E-state index in [0.29, 0.717) is 5.37 Å². The van der Waals surface area contributed by atoms with Crippen LogP contribution < -0.4 is 0 Å². The van der Waals surface area contributed by atoms with Crippen molar-refractivity contribution in [2.75, 3.05) is 0 Å². The first kappa shape index (κ1) is 11.1. The van der Waals surface area contributed by atoms with Crippen molar-refractivity contribution in [2.24, 2.45) is 10.4 Å². The van der Waals surface area contributed by atoms with Gasteiger partial charge in [-0.25, -0.2) is 0 Å². The van der Waals surface area contributed by atoms with Crippen LogP contribution >= 0.6 is 21.6 Å². The number of hydrogen-bond donors (Lipinski definition) is 0.